The number of nitrogens with zero attached hydrogens (tertiary/aromatic N) is 4. The Morgan fingerprint density at radius 3 is 2.49 bits per heavy atom. The van der Waals surface area contributed by atoms with Crippen LogP contribution in [0.25, 0.3) is 0 Å². The zero-order valence-electron chi connectivity index (χ0n) is 20.6. The van der Waals surface area contributed by atoms with Gasteiger partial charge in [-0.25, -0.2) is 17.9 Å². The van der Waals surface area contributed by atoms with Crippen LogP contribution in [0.2, 0.25) is 5.02 Å². The fraction of sp³-hybridized carbons (Fsp3) is 0.360. The normalized spacial score (nSPS) is 14.3. The van der Waals surface area contributed by atoms with Gasteiger partial charge in [0.25, 0.3) is 0 Å². The Hall–Kier alpha value is -3.46. The van der Waals surface area contributed by atoms with Crippen LogP contribution in [0.1, 0.15) is 62.0 Å². The minimum Gasteiger partial charge on any atom is -0.403 e. The molecule has 2 aromatic heterocycles. The maximum absolute atomic E-state index is 13.9. The predicted molar refractivity (Wildman–Crippen MR) is 135 cm³/mol. The fourth-order valence-electron chi connectivity index (χ4n) is 4.15. The summed E-state index contributed by atoms with van der Waals surface area (Å²) in [4.78, 5) is 26.7. The molecule has 0 spiro atoms. The molecule has 1 N–H and O–H groups in total. The number of ketones is 1. The number of halogens is 1. The van der Waals surface area contributed by atoms with Crippen LogP contribution in [-0.2, 0) is 30.4 Å². The first-order valence-corrected chi connectivity index (χ1v) is 13.6. The van der Waals surface area contributed by atoms with Gasteiger partial charge in [0.1, 0.15) is 17.2 Å². The Morgan fingerprint density at radius 1 is 1.27 bits per heavy atom. The predicted octanol–water partition coefficient (Wildman–Crippen LogP) is 2.38. The second-order valence-electron chi connectivity index (χ2n) is 9.05. The lowest BCUT2D eigenvalue weighted by atomic mass is 9.97. The number of hydrogen-bond donors (Lipinski definition) is 1. The number of benzene rings is 1. The van der Waals surface area contributed by atoms with Crippen LogP contribution < -0.4 is 4.74 Å². The number of aliphatic hydroxyl groups excluding tert-OH is 1. The van der Waals surface area contributed by atoms with Gasteiger partial charge in [-0.3, -0.25) is 9.48 Å². The summed E-state index contributed by atoms with van der Waals surface area (Å²) in [7, 11) is -0.519. The minimum absolute atomic E-state index is 0.00883. The SMILES string of the molecule is C#CC(O)Cc1c(S(C)(=O)=O)ccc(C(=O)c2c(C3CC3)nn(C)c2OC(=O)c2cn(C)nc2C)c1Cl. The van der Waals surface area contributed by atoms with Crippen molar-refractivity contribution in [1.29, 1.82) is 0 Å². The summed E-state index contributed by atoms with van der Waals surface area (Å²) in [5, 5.41) is 18.5. The number of carbonyl (C=O) groups excluding carboxylic acids is 2. The lowest BCUT2D eigenvalue weighted by Crippen LogP contribution is -2.16. The summed E-state index contributed by atoms with van der Waals surface area (Å²) in [5.74, 6) is 0.772. The van der Waals surface area contributed by atoms with Gasteiger partial charge in [-0.15, -0.1) is 6.42 Å². The van der Waals surface area contributed by atoms with Gasteiger partial charge in [0, 0.05) is 44.5 Å². The van der Waals surface area contributed by atoms with Gasteiger partial charge >= 0.3 is 5.97 Å². The highest BCUT2D eigenvalue weighted by molar-refractivity contribution is 7.90. The molecular formula is C25H25ClN4O6S. The van der Waals surface area contributed by atoms with E-state index in [2.05, 4.69) is 16.1 Å². The van der Waals surface area contributed by atoms with Crippen molar-refractivity contribution in [2.75, 3.05) is 6.26 Å². The van der Waals surface area contributed by atoms with E-state index in [4.69, 9.17) is 22.8 Å². The highest BCUT2D eigenvalue weighted by atomic mass is 35.5. The molecule has 1 saturated carbocycles. The zero-order valence-corrected chi connectivity index (χ0v) is 22.2. The van der Waals surface area contributed by atoms with Gasteiger partial charge in [0.2, 0.25) is 11.7 Å². The zero-order chi connectivity index (χ0) is 27.2. The van der Waals surface area contributed by atoms with E-state index >= 15 is 0 Å². The Kier molecular flexibility index (Phi) is 7.03. The molecule has 1 aromatic carbocycles. The van der Waals surface area contributed by atoms with E-state index in [0.29, 0.717) is 11.4 Å². The lowest BCUT2D eigenvalue weighted by Gasteiger charge is -2.15. The standard InChI is InChI=1S/C25H25ClN4O6S/c1-6-15(31)11-17-19(37(5,34)35)10-9-16(21(17)26)23(32)20-22(14-7-8-14)28-30(4)24(20)36-25(33)18-12-29(3)27-13(18)2/h1,9-10,12,14-15,31H,7-8,11H2,2-5H3. The van der Waals surface area contributed by atoms with Crippen molar-refractivity contribution in [1.82, 2.24) is 19.6 Å². The fourth-order valence-corrected chi connectivity index (χ4v) is 5.48. The van der Waals surface area contributed by atoms with E-state index in [1.165, 1.54) is 27.7 Å². The smallest absolute Gasteiger partial charge is 0.348 e. The molecule has 1 aliphatic carbocycles. The number of sulfone groups is 1. The summed E-state index contributed by atoms with van der Waals surface area (Å²) in [6, 6.07) is 2.55. The van der Waals surface area contributed by atoms with Crippen molar-refractivity contribution >= 4 is 33.2 Å². The topological polar surface area (TPSA) is 133 Å². The number of ether oxygens (including phenoxy) is 1. The van der Waals surface area contributed by atoms with E-state index in [1.54, 1.807) is 21.0 Å². The van der Waals surface area contributed by atoms with Crippen LogP contribution >= 0.6 is 11.6 Å². The summed E-state index contributed by atoms with van der Waals surface area (Å²) in [6.45, 7) is 1.66. The molecule has 10 nitrogen and oxygen atoms in total. The number of aliphatic hydroxyl groups is 1. The van der Waals surface area contributed by atoms with Gasteiger partial charge < -0.3 is 9.84 Å². The number of terminal acetylenes is 1. The van der Waals surface area contributed by atoms with E-state index in [1.807, 2.05) is 0 Å². The van der Waals surface area contributed by atoms with E-state index in [0.717, 1.165) is 19.1 Å². The second-order valence-corrected chi connectivity index (χ2v) is 11.4. The third-order valence-corrected chi connectivity index (χ3v) is 7.68. The average molecular weight is 545 g/mol. The first kappa shape index (κ1) is 26.6. The Morgan fingerprint density at radius 2 is 1.95 bits per heavy atom. The average Bonchev–Trinajstić information content (AvgIpc) is 3.54. The molecule has 2 heterocycles. The third kappa shape index (κ3) is 5.18. The Bertz CT molecular complexity index is 1580. The van der Waals surface area contributed by atoms with Crippen LogP contribution in [0.4, 0.5) is 0 Å². The van der Waals surface area contributed by atoms with E-state index < -0.39 is 27.7 Å². The van der Waals surface area contributed by atoms with Crippen LogP contribution in [0.5, 0.6) is 5.88 Å². The highest BCUT2D eigenvalue weighted by Crippen LogP contribution is 2.44. The van der Waals surface area contributed by atoms with Crippen molar-refractivity contribution in [3.63, 3.8) is 0 Å². The van der Waals surface area contributed by atoms with Crippen molar-refractivity contribution < 1.29 is 27.9 Å². The van der Waals surface area contributed by atoms with Gasteiger partial charge in [-0.05, 0) is 37.5 Å². The summed E-state index contributed by atoms with van der Waals surface area (Å²) in [5.41, 5.74) is 1.22. The summed E-state index contributed by atoms with van der Waals surface area (Å²) >= 11 is 6.59. The van der Waals surface area contributed by atoms with E-state index in [-0.39, 0.29) is 50.4 Å². The molecule has 12 heteroatoms. The molecule has 0 saturated heterocycles. The summed E-state index contributed by atoms with van der Waals surface area (Å²) in [6.07, 6.45) is 7.83. The molecule has 0 aliphatic heterocycles. The number of esters is 1. The minimum atomic E-state index is -3.75. The molecule has 1 fully saturated rings. The number of aromatic nitrogens is 4. The van der Waals surface area contributed by atoms with Crippen LogP contribution in [0.3, 0.4) is 0 Å². The molecule has 0 bridgehead atoms. The maximum atomic E-state index is 13.9. The molecule has 37 heavy (non-hydrogen) atoms. The number of hydrogen-bond acceptors (Lipinski definition) is 8. The van der Waals surface area contributed by atoms with Crippen molar-refractivity contribution in [2.24, 2.45) is 14.1 Å². The van der Waals surface area contributed by atoms with Gasteiger partial charge in [-0.2, -0.15) is 10.2 Å². The van der Waals surface area contributed by atoms with Gasteiger partial charge in [0.15, 0.2) is 9.84 Å². The highest BCUT2D eigenvalue weighted by Gasteiger charge is 2.37. The van der Waals surface area contributed by atoms with Gasteiger partial charge in [-0.1, -0.05) is 17.5 Å². The molecule has 1 unspecified atom stereocenters. The molecule has 194 valence electrons. The molecule has 0 amide bonds. The number of rotatable bonds is 8. The second kappa shape index (κ2) is 9.78. The van der Waals surface area contributed by atoms with Crippen molar-refractivity contribution in [2.45, 2.75) is 43.1 Å². The third-order valence-electron chi connectivity index (χ3n) is 6.07. The maximum Gasteiger partial charge on any atom is 0.348 e. The molecule has 1 aliphatic rings. The first-order valence-electron chi connectivity index (χ1n) is 11.3. The van der Waals surface area contributed by atoms with Crippen LogP contribution in [-0.4, -0.2) is 57.2 Å². The molecule has 4 rings (SSSR count). The van der Waals surface area contributed by atoms with Crippen LogP contribution in [0, 0.1) is 19.3 Å². The van der Waals surface area contributed by atoms with Crippen molar-refractivity contribution in [3.05, 3.63) is 57.0 Å². The monoisotopic (exact) mass is 544 g/mol. The lowest BCUT2D eigenvalue weighted by molar-refractivity contribution is 0.0717. The van der Waals surface area contributed by atoms with E-state index in [9.17, 15) is 23.1 Å². The number of carbonyl (C=O) groups is 2. The van der Waals surface area contributed by atoms with Crippen molar-refractivity contribution in [3.8, 4) is 18.2 Å². The molecule has 3 aromatic rings. The largest absolute Gasteiger partial charge is 0.403 e. The Labute approximate surface area is 219 Å². The van der Waals surface area contributed by atoms with Gasteiger partial charge in [0.05, 0.1) is 21.3 Å². The first-order chi connectivity index (χ1) is 17.3. The molecular weight excluding hydrogens is 520 g/mol. The number of aryl methyl sites for hydroxylation is 3. The van der Waals surface area contributed by atoms with Crippen LogP contribution in [0.15, 0.2) is 23.2 Å². The summed E-state index contributed by atoms with van der Waals surface area (Å²) < 4.78 is 33.2. The molecule has 1 atom stereocenters. The quantitative estimate of drug-likeness (QED) is 0.259. The Balaban J connectivity index is 1.84. The molecule has 0 radical (unpaired) electrons.